The molecule has 0 spiro atoms. The molecule has 1 aliphatic rings. The molecular weight excluding hydrogens is 330 g/mol. The van der Waals surface area contributed by atoms with E-state index in [4.69, 9.17) is 11.6 Å². The molecule has 0 unspecified atom stereocenters. The minimum absolute atomic E-state index is 0.807. The number of halogens is 2. The molecule has 0 fully saturated rings. The van der Waals surface area contributed by atoms with Gasteiger partial charge in [0.1, 0.15) is 0 Å². The second kappa shape index (κ2) is 5.33. The van der Waals surface area contributed by atoms with Gasteiger partial charge in [0.25, 0.3) is 0 Å². The standard InChI is InChI=1S/C14H13BrClNS/c15-14-7-11-9-17(6-5-13(11)18-14)8-10-1-3-12(16)4-2-10/h1-4,7H,5-6,8-9H2. The number of thiophene rings is 1. The molecule has 4 heteroatoms. The van der Waals surface area contributed by atoms with E-state index in [1.54, 1.807) is 0 Å². The fraction of sp³-hybridized carbons (Fsp3) is 0.286. The zero-order chi connectivity index (χ0) is 12.5. The molecule has 0 atom stereocenters. The highest BCUT2D eigenvalue weighted by atomic mass is 79.9. The molecule has 0 N–H and O–H groups in total. The first-order valence-electron chi connectivity index (χ1n) is 5.94. The van der Waals surface area contributed by atoms with Crippen LogP contribution in [-0.2, 0) is 19.5 Å². The van der Waals surface area contributed by atoms with Crippen LogP contribution < -0.4 is 0 Å². The van der Waals surface area contributed by atoms with E-state index >= 15 is 0 Å². The smallest absolute Gasteiger partial charge is 0.0704 e. The Morgan fingerprint density at radius 3 is 2.83 bits per heavy atom. The van der Waals surface area contributed by atoms with Crippen LogP contribution in [0.4, 0.5) is 0 Å². The minimum Gasteiger partial charge on any atom is -0.294 e. The first-order chi connectivity index (χ1) is 8.70. The van der Waals surface area contributed by atoms with Crippen molar-refractivity contribution >= 4 is 38.9 Å². The average molecular weight is 343 g/mol. The highest BCUT2D eigenvalue weighted by Gasteiger charge is 2.18. The number of fused-ring (bicyclic) bond motifs is 1. The maximum atomic E-state index is 5.91. The summed E-state index contributed by atoms with van der Waals surface area (Å²) in [5, 5.41) is 0.807. The third kappa shape index (κ3) is 2.80. The average Bonchev–Trinajstić information content (AvgIpc) is 2.71. The molecule has 94 valence electrons. The summed E-state index contributed by atoms with van der Waals surface area (Å²) < 4.78 is 1.25. The summed E-state index contributed by atoms with van der Waals surface area (Å²) in [6.45, 7) is 3.20. The summed E-state index contributed by atoms with van der Waals surface area (Å²) in [6, 6.07) is 10.4. The van der Waals surface area contributed by atoms with Gasteiger partial charge in [-0.15, -0.1) is 11.3 Å². The number of rotatable bonds is 2. The Hall–Kier alpha value is -0.350. The van der Waals surface area contributed by atoms with Crippen LogP contribution >= 0.6 is 38.9 Å². The highest BCUT2D eigenvalue weighted by molar-refractivity contribution is 9.11. The maximum Gasteiger partial charge on any atom is 0.0704 e. The summed E-state index contributed by atoms with van der Waals surface area (Å²) in [5.74, 6) is 0. The Morgan fingerprint density at radius 1 is 1.28 bits per heavy atom. The van der Waals surface area contributed by atoms with Crippen LogP contribution in [0.5, 0.6) is 0 Å². The Balaban J connectivity index is 1.70. The lowest BCUT2D eigenvalue weighted by atomic mass is 10.1. The topological polar surface area (TPSA) is 3.24 Å². The minimum atomic E-state index is 0.807. The van der Waals surface area contributed by atoms with Crippen LogP contribution in [0.3, 0.4) is 0 Å². The van der Waals surface area contributed by atoms with Crippen molar-refractivity contribution in [3.8, 4) is 0 Å². The predicted molar refractivity (Wildman–Crippen MR) is 81.3 cm³/mol. The summed E-state index contributed by atoms with van der Waals surface area (Å²) in [5.41, 5.74) is 2.81. The third-order valence-electron chi connectivity index (χ3n) is 3.24. The zero-order valence-corrected chi connectivity index (χ0v) is 13.0. The second-order valence-electron chi connectivity index (χ2n) is 4.59. The van der Waals surface area contributed by atoms with E-state index in [0.29, 0.717) is 0 Å². The molecule has 1 aromatic heterocycles. The van der Waals surface area contributed by atoms with Crippen LogP contribution in [0.15, 0.2) is 34.1 Å². The van der Waals surface area contributed by atoms with Crippen molar-refractivity contribution in [2.45, 2.75) is 19.5 Å². The normalized spacial score (nSPS) is 15.7. The van der Waals surface area contributed by atoms with E-state index in [2.05, 4.69) is 39.0 Å². The van der Waals surface area contributed by atoms with Crippen LogP contribution in [0.1, 0.15) is 16.0 Å². The number of hydrogen-bond donors (Lipinski definition) is 0. The molecule has 1 aromatic carbocycles. The fourth-order valence-corrected chi connectivity index (χ4v) is 4.21. The second-order valence-corrected chi connectivity index (χ2v) is 7.54. The first-order valence-corrected chi connectivity index (χ1v) is 7.93. The summed E-state index contributed by atoms with van der Waals surface area (Å²) in [4.78, 5) is 4.03. The van der Waals surface area contributed by atoms with E-state index in [9.17, 15) is 0 Å². The summed E-state index contributed by atoms with van der Waals surface area (Å²) in [6.07, 6.45) is 1.17. The van der Waals surface area contributed by atoms with Crippen LogP contribution in [0.2, 0.25) is 5.02 Å². The first kappa shape index (κ1) is 12.7. The lowest BCUT2D eigenvalue weighted by Crippen LogP contribution is -2.29. The lowest BCUT2D eigenvalue weighted by molar-refractivity contribution is 0.247. The highest BCUT2D eigenvalue weighted by Crippen LogP contribution is 2.31. The third-order valence-corrected chi connectivity index (χ3v) is 5.23. The zero-order valence-electron chi connectivity index (χ0n) is 9.83. The Morgan fingerprint density at radius 2 is 2.06 bits per heavy atom. The van der Waals surface area contributed by atoms with Crippen molar-refractivity contribution in [3.63, 3.8) is 0 Å². The fourth-order valence-electron chi connectivity index (χ4n) is 2.34. The molecule has 1 nitrogen and oxygen atoms in total. The van der Waals surface area contributed by atoms with E-state index in [-0.39, 0.29) is 0 Å². The molecule has 18 heavy (non-hydrogen) atoms. The van der Waals surface area contributed by atoms with Crippen molar-refractivity contribution in [3.05, 3.63) is 55.1 Å². The van der Waals surface area contributed by atoms with E-state index < -0.39 is 0 Å². The number of benzene rings is 1. The van der Waals surface area contributed by atoms with Gasteiger partial charge in [-0.25, -0.2) is 0 Å². The molecular formula is C14H13BrClNS. The van der Waals surface area contributed by atoms with E-state index in [0.717, 1.165) is 24.7 Å². The van der Waals surface area contributed by atoms with Crippen LogP contribution in [-0.4, -0.2) is 11.4 Å². The molecule has 2 aromatic rings. The van der Waals surface area contributed by atoms with Gasteiger partial charge in [-0.3, -0.25) is 4.90 Å². The van der Waals surface area contributed by atoms with Crippen LogP contribution in [0, 0.1) is 0 Å². The number of nitrogens with zero attached hydrogens (tertiary/aromatic N) is 1. The Bertz CT molecular complexity index is 549. The predicted octanol–water partition coefficient (Wildman–Crippen LogP) is 4.72. The van der Waals surface area contributed by atoms with Gasteiger partial charge in [0.05, 0.1) is 3.79 Å². The molecule has 0 radical (unpaired) electrons. The van der Waals surface area contributed by atoms with Crippen molar-refractivity contribution in [1.29, 1.82) is 0 Å². The molecule has 0 saturated carbocycles. The number of hydrogen-bond acceptors (Lipinski definition) is 2. The maximum absolute atomic E-state index is 5.91. The summed E-state index contributed by atoms with van der Waals surface area (Å²) in [7, 11) is 0. The van der Waals surface area contributed by atoms with Crippen molar-refractivity contribution in [1.82, 2.24) is 4.90 Å². The molecule has 2 heterocycles. The van der Waals surface area contributed by atoms with Gasteiger partial charge in [0.15, 0.2) is 0 Å². The van der Waals surface area contributed by atoms with Crippen LogP contribution in [0.25, 0.3) is 0 Å². The largest absolute Gasteiger partial charge is 0.294 e. The van der Waals surface area contributed by atoms with Gasteiger partial charge in [-0.05, 0) is 51.7 Å². The molecule has 3 rings (SSSR count). The molecule has 0 aliphatic carbocycles. The summed E-state index contributed by atoms with van der Waals surface area (Å²) >= 11 is 11.4. The Labute approximate surface area is 125 Å². The molecule has 0 bridgehead atoms. The monoisotopic (exact) mass is 341 g/mol. The van der Waals surface area contributed by atoms with Gasteiger partial charge in [-0.1, -0.05) is 23.7 Å². The van der Waals surface area contributed by atoms with E-state index in [1.807, 2.05) is 23.5 Å². The van der Waals surface area contributed by atoms with Gasteiger partial charge < -0.3 is 0 Å². The van der Waals surface area contributed by atoms with E-state index in [1.165, 1.54) is 26.2 Å². The molecule has 1 aliphatic heterocycles. The Kier molecular flexibility index (Phi) is 3.76. The van der Waals surface area contributed by atoms with Crippen molar-refractivity contribution in [2.24, 2.45) is 0 Å². The van der Waals surface area contributed by atoms with Gasteiger partial charge in [0, 0.05) is 29.5 Å². The lowest BCUT2D eigenvalue weighted by Gasteiger charge is -2.26. The van der Waals surface area contributed by atoms with Gasteiger partial charge in [-0.2, -0.15) is 0 Å². The SMILES string of the molecule is Clc1ccc(CN2CCc3sc(Br)cc3C2)cc1. The van der Waals surface area contributed by atoms with Gasteiger partial charge in [0.2, 0.25) is 0 Å². The quantitative estimate of drug-likeness (QED) is 0.763. The molecule has 0 amide bonds. The molecule has 0 saturated heterocycles. The van der Waals surface area contributed by atoms with Crippen molar-refractivity contribution < 1.29 is 0 Å². The van der Waals surface area contributed by atoms with Gasteiger partial charge >= 0.3 is 0 Å². The van der Waals surface area contributed by atoms with Crippen molar-refractivity contribution in [2.75, 3.05) is 6.54 Å².